The Hall–Kier alpha value is -0.630. The van der Waals surface area contributed by atoms with Gasteiger partial charge in [0.15, 0.2) is 0 Å². The number of amides is 1. The van der Waals surface area contributed by atoms with E-state index in [9.17, 15) is 13.2 Å². The van der Waals surface area contributed by atoms with Crippen molar-refractivity contribution in [2.24, 2.45) is 0 Å². The van der Waals surface area contributed by atoms with Gasteiger partial charge in [0.1, 0.15) is 4.21 Å². The molecule has 1 amide bonds. The molecule has 1 heterocycles. The number of likely N-dealkylation sites (N-methyl/N-ethyl adjacent to an activating group) is 1. The second kappa shape index (κ2) is 6.89. The zero-order chi connectivity index (χ0) is 15.5. The molecule has 0 saturated carbocycles. The minimum Gasteiger partial charge on any atom is -0.377 e. The maximum absolute atomic E-state index is 12.2. The normalized spacial score (nSPS) is 11.9. The molecule has 1 rings (SSSR count). The molecule has 0 saturated heterocycles. The predicted molar refractivity (Wildman–Crippen MR) is 80.1 cm³/mol. The Morgan fingerprint density at radius 2 is 2.10 bits per heavy atom. The highest BCUT2D eigenvalue weighted by molar-refractivity contribution is 8.15. The number of hydrogen-bond donors (Lipinski definition) is 0. The van der Waals surface area contributed by atoms with Gasteiger partial charge in [-0.15, -0.1) is 11.3 Å². The van der Waals surface area contributed by atoms with Gasteiger partial charge in [0.05, 0.1) is 18.3 Å². The summed E-state index contributed by atoms with van der Waals surface area (Å²) in [6, 6.07) is 0. The summed E-state index contributed by atoms with van der Waals surface area (Å²) in [7, 11) is 3.16. The molecule has 0 aliphatic carbocycles. The average molecular weight is 340 g/mol. The third-order valence-corrected chi connectivity index (χ3v) is 5.98. The van der Waals surface area contributed by atoms with Gasteiger partial charge < -0.3 is 9.64 Å². The van der Waals surface area contributed by atoms with Gasteiger partial charge in [-0.25, -0.2) is 8.42 Å². The van der Waals surface area contributed by atoms with Gasteiger partial charge in [-0.3, -0.25) is 4.79 Å². The van der Waals surface area contributed by atoms with Gasteiger partial charge >= 0.3 is 0 Å². The minimum atomic E-state index is -3.80. The van der Waals surface area contributed by atoms with Crippen molar-refractivity contribution in [3.8, 4) is 0 Å². The van der Waals surface area contributed by atoms with Crippen molar-refractivity contribution < 1.29 is 17.9 Å². The molecule has 5 nitrogen and oxygen atoms in total. The van der Waals surface area contributed by atoms with Crippen molar-refractivity contribution >= 4 is 37.0 Å². The zero-order valence-electron chi connectivity index (χ0n) is 11.8. The zero-order valence-corrected chi connectivity index (χ0v) is 14.2. The molecule has 0 aliphatic rings. The van der Waals surface area contributed by atoms with Gasteiger partial charge in [0.25, 0.3) is 15.0 Å². The van der Waals surface area contributed by atoms with Crippen molar-refractivity contribution in [3.05, 3.63) is 16.5 Å². The van der Waals surface area contributed by atoms with Gasteiger partial charge in [-0.05, 0) is 26.3 Å². The summed E-state index contributed by atoms with van der Waals surface area (Å²) in [5, 5.41) is 1.52. The average Bonchev–Trinajstić information content (AvgIpc) is 2.69. The number of thiophene rings is 1. The fourth-order valence-corrected chi connectivity index (χ4v) is 4.13. The van der Waals surface area contributed by atoms with Crippen LogP contribution in [0.1, 0.15) is 29.8 Å². The molecule has 8 heteroatoms. The van der Waals surface area contributed by atoms with Crippen molar-refractivity contribution in [2.45, 2.75) is 31.1 Å². The van der Waals surface area contributed by atoms with E-state index in [-0.39, 0.29) is 16.2 Å². The van der Waals surface area contributed by atoms with E-state index in [2.05, 4.69) is 0 Å². The van der Waals surface area contributed by atoms with Crippen molar-refractivity contribution in [1.82, 2.24) is 4.90 Å². The van der Waals surface area contributed by atoms with Crippen LogP contribution in [0.2, 0.25) is 0 Å². The summed E-state index contributed by atoms with van der Waals surface area (Å²) in [5.41, 5.74) is 0.757. The minimum absolute atomic E-state index is 0.0225. The summed E-state index contributed by atoms with van der Waals surface area (Å²) in [5.74, 6) is -0.238. The highest BCUT2D eigenvalue weighted by Crippen LogP contribution is 2.29. The van der Waals surface area contributed by atoms with E-state index in [1.54, 1.807) is 14.0 Å². The summed E-state index contributed by atoms with van der Waals surface area (Å²) in [6.45, 7) is 6.29. The Morgan fingerprint density at radius 1 is 1.50 bits per heavy atom. The van der Waals surface area contributed by atoms with E-state index < -0.39 is 9.05 Å². The Morgan fingerprint density at radius 3 is 2.55 bits per heavy atom. The maximum atomic E-state index is 12.2. The van der Waals surface area contributed by atoms with Crippen LogP contribution in [0.4, 0.5) is 0 Å². The lowest BCUT2D eigenvalue weighted by atomic mass is 10.2. The molecule has 0 spiro atoms. The predicted octanol–water partition coefficient (Wildman–Crippen LogP) is 2.48. The topological polar surface area (TPSA) is 63.7 Å². The van der Waals surface area contributed by atoms with Gasteiger partial charge in [0.2, 0.25) is 0 Å². The maximum Gasteiger partial charge on any atom is 0.271 e. The molecule has 0 aromatic carbocycles. The third-order valence-electron chi connectivity index (χ3n) is 2.67. The molecule has 0 aliphatic heterocycles. The molecule has 0 radical (unpaired) electrons. The van der Waals surface area contributed by atoms with Crippen LogP contribution in [0.5, 0.6) is 0 Å². The third kappa shape index (κ3) is 4.44. The molecular weight excluding hydrogens is 322 g/mol. The van der Waals surface area contributed by atoms with Crippen LogP contribution in [0.3, 0.4) is 0 Å². The smallest absolute Gasteiger partial charge is 0.271 e. The highest BCUT2D eigenvalue weighted by atomic mass is 35.7. The largest absolute Gasteiger partial charge is 0.377 e. The first-order chi connectivity index (χ1) is 9.14. The molecule has 0 fully saturated rings. The molecule has 20 heavy (non-hydrogen) atoms. The van der Waals surface area contributed by atoms with E-state index in [4.69, 9.17) is 15.4 Å². The van der Waals surface area contributed by atoms with Crippen LogP contribution in [0.25, 0.3) is 0 Å². The first-order valence-corrected chi connectivity index (χ1v) is 9.23. The number of carbonyl (C=O) groups excluding carboxylic acids is 1. The summed E-state index contributed by atoms with van der Waals surface area (Å²) < 4.78 is 28.1. The number of hydrogen-bond acceptors (Lipinski definition) is 5. The lowest BCUT2D eigenvalue weighted by molar-refractivity contribution is 0.0532. The molecule has 114 valence electrons. The molecule has 1 aromatic rings. The number of carbonyl (C=O) groups is 1. The van der Waals surface area contributed by atoms with E-state index in [1.807, 2.05) is 13.8 Å². The van der Waals surface area contributed by atoms with Crippen LogP contribution in [0, 0.1) is 6.92 Å². The number of ether oxygens (including phenoxy) is 1. The van der Waals surface area contributed by atoms with Gasteiger partial charge in [0, 0.05) is 29.7 Å². The molecular formula is C12H18ClNO4S2. The Labute approximate surface area is 127 Å². The number of halogens is 1. The van der Waals surface area contributed by atoms with Crippen molar-refractivity contribution in [1.29, 1.82) is 0 Å². The van der Waals surface area contributed by atoms with E-state index in [1.165, 1.54) is 10.3 Å². The summed E-state index contributed by atoms with van der Waals surface area (Å²) >= 11 is 0.959. The van der Waals surface area contributed by atoms with Crippen LogP contribution >= 0.6 is 22.0 Å². The molecule has 1 aromatic heterocycles. The van der Waals surface area contributed by atoms with Crippen molar-refractivity contribution in [3.63, 3.8) is 0 Å². The lowest BCUT2D eigenvalue weighted by Crippen LogP contribution is -2.31. The monoisotopic (exact) mass is 339 g/mol. The summed E-state index contributed by atoms with van der Waals surface area (Å²) in [4.78, 5) is 13.7. The van der Waals surface area contributed by atoms with Crippen molar-refractivity contribution in [2.75, 3.05) is 20.2 Å². The standard InChI is InChI=1S/C12H18ClNO4S2/c1-8(2)18-6-5-14(4)11(15)10-7-19-12(9(10)3)20(13,16)17/h7-8H,5-6H2,1-4H3. The molecule has 0 unspecified atom stereocenters. The van der Waals surface area contributed by atoms with Crippen LogP contribution in [-0.4, -0.2) is 45.5 Å². The van der Waals surface area contributed by atoms with Crippen LogP contribution in [0.15, 0.2) is 9.59 Å². The quantitative estimate of drug-likeness (QED) is 0.747. The van der Waals surface area contributed by atoms with E-state index >= 15 is 0 Å². The van der Waals surface area contributed by atoms with Gasteiger partial charge in [-0.1, -0.05) is 0 Å². The fraction of sp³-hybridized carbons (Fsp3) is 0.583. The molecule has 0 N–H and O–H groups in total. The van der Waals surface area contributed by atoms with E-state index in [0.717, 1.165) is 11.3 Å². The second-order valence-corrected chi connectivity index (χ2v) is 8.29. The number of nitrogens with zero attached hydrogens (tertiary/aromatic N) is 1. The first kappa shape index (κ1) is 17.4. The first-order valence-electron chi connectivity index (χ1n) is 6.04. The Kier molecular flexibility index (Phi) is 6.00. The number of rotatable bonds is 6. The van der Waals surface area contributed by atoms with Crippen LogP contribution < -0.4 is 0 Å². The molecule has 0 atom stereocenters. The van der Waals surface area contributed by atoms with E-state index in [0.29, 0.717) is 24.3 Å². The summed E-state index contributed by atoms with van der Waals surface area (Å²) in [6.07, 6.45) is 0.106. The SMILES string of the molecule is Cc1c(C(=O)N(C)CCOC(C)C)csc1S(=O)(=O)Cl. The highest BCUT2D eigenvalue weighted by Gasteiger charge is 2.23. The Balaban J connectivity index is 2.80. The van der Waals surface area contributed by atoms with Gasteiger partial charge in [-0.2, -0.15) is 0 Å². The fourth-order valence-electron chi connectivity index (χ4n) is 1.58. The lowest BCUT2D eigenvalue weighted by Gasteiger charge is -2.18. The Bertz CT molecular complexity index is 580. The second-order valence-electron chi connectivity index (χ2n) is 4.65. The van der Waals surface area contributed by atoms with Crippen LogP contribution in [-0.2, 0) is 13.8 Å². The molecule has 0 bridgehead atoms.